The Bertz CT molecular complexity index is 579. The molecule has 0 aliphatic heterocycles. The van der Waals surface area contributed by atoms with E-state index in [1.165, 1.54) is 0 Å². The first-order valence-corrected chi connectivity index (χ1v) is 7.82. The SMILES string of the molecule is CCOC(=O)c1cn[nH]c1S(=O)(=O)NCC(O)C1CC1. The molecule has 8 nitrogen and oxygen atoms in total. The van der Waals surface area contributed by atoms with Gasteiger partial charge in [-0.25, -0.2) is 17.9 Å². The third-order valence-corrected chi connectivity index (χ3v) is 4.41. The molecule has 2 rings (SSSR count). The Morgan fingerprint density at radius 1 is 1.65 bits per heavy atom. The summed E-state index contributed by atoms with van der Waals surface area (Å²) in [7, 11) is -3.94. The average Bonchev–Trinajstić information content (AvgIpc) is 3.12. The maximum Gasteiger partial charge on any atom is 0.342 e. The minimum absolute atomic E-state index is 0.0890. The number of rotatable bonds is 7. The van der Waals surface area contributed by atoms with Gasteiger partial charge in [0.2, 0.25) is 0 Å². The predicted molar refractivity (Wildman–Crippen MR) is 68.5 cm³/mol. The van der Waals surface area contributed by atoms with Crippen molar-refractivity contribution in [3.05, 3.63) is 11.8 Å². The number of ether oxygens (including phenoxy) is 1. The van der Waals surface area contributed by atoms with Gasteiger partial charge >= 0.3 is 5.97 Å². The second-order valence-electron chi connectivity index (χ2n) is 4.59. The van der Waals surface area contributed by atoms with Crippen LogP contribution in [0.5, 0.6) is 0 Å². The van der Waals surface area contributed by atoms with Crippen LogP contribution >= 0.6 is 0 Å². The van der Waals surface area contributed by atoms with E-state index in [1.807, 2.05) is 0 Å². The van der Waals surface area contributed by atoms with Crippen molar-refractivity contribution < 1.29 is 23.1 Å². The molecular formula is C11H17N3O5S. The van der Waals surface area contributed by atoms with Crippen molar-refractivity contribution in [3.8, 4) is 0 Å². The molecule has 1 fully saturated rings. The summed E-state index contributed by atoms with van der Waals surface area (Å²) in [5.74, 6) is -0.603. The number of carbonyl (C=O) groups is 1. The van der Waals surface area contributed by atoms with Crippen molar-refractivity contribution >= 4 is 16.0 Å². The lowest BCUT2D eigenvalue weighted by Gasteiger charge is -2.11. The molecule has 1 heterocycles. The van der Waals surface area contributed by atoms with Crippen LogP contribution in [-0.4, -0.2) is 48.9 Å². The molecule has 1 aliphatic rings. The number of nitrogens with zero attached hydrogens (tertiary/aromatic N) is 1. The van der Waals surface area contributed by atoms with Gasteiger partial charge in [0.15, 0.2) is 5.03 Å². The zero-order valence-electron chi connectivity index (χ0n) is 11.0. The molecule has 0 radical (unpaired) electrons. The van der Waals surface area contributed by atoms with Crippen molar-refractivity contribution in [1.82, 2.24) is 14.9 Å². The van der Waals surface area contributed by atoms with Crippen LogP contribution in [0.2, 0.25) is 0 Å². The number of esters is 1. The van der Waals surface area contributed by atoms with E-state index in [2.05, 4.69) is 14.9 Å². The van der Waals surface area contributed by atoms with Gasteiger partial charge in [0.25, 0.3) is 10.0 Å². The van der Waals surface area contributed by atoms with Crippen LogP contribution in [0.3, 0.4) is 0 Å². The van der Waals surface area contributed by atoms with Crippen molar-refractivity contribution in [3.63, 3.8) is 0 Å². The third-order valence-electron chi connectivity index (χ3n) is 3.02. The predicted octanol–water partition coefficient (Wildman–Crippen LogP) is -0.364. The Labute approximate surface area is 116 Å². The number of sulfonamides is 1. The first-order chi connectivity index (χ1) is 9.45. The fourth-order valence-corrected chi connectivity index (χ4v) is 2.88. The lowest BCUT2D eigenvalue weighted by molar-refractivity contribution is 0.0522. The molecule has 0 aromatic carbocycles. The molecule has 9 heteroatoms. The summed E-state index contributed by atoms with van der Waals surface area (Å²) in [5.41, 5.74) is -0.153. The number of carbonyl (C=O) groups excluding carboxylic acids is 1. The van der Waals surface area contributed by atoms with E-state index in [-0.39, 0.29) is 29.7 Å². The second kappa shape index (κ2) is 5.90. The van der Waals surface area contributed by atoms with Crippen molar-refractivity contribution in [1.29, 1.82) is 0 Å². The molecule has 20 heavy (non-hydrogen) atoms. The van der Waals surface area contributed by atoms with E-state index >= 15 is 0 Å². The van der Waals surface area contributed by atoms with Gasteiger partial charge in [-0.3, -0.25) is 5.10 Å². The lowest BCUT2D eigenvalue weighted by atomic mass is 10.2. The Morgan fingerprint density at radius 3 is 2.95 bits per heavy atom. The molecule has 1 atom stereocenters. The fourth-order valence-electron chi connectivity index (χ4n) is 1.75. The molecule has 0 spiro atoms. The molecule has 0 amide bonds. The quantitative estimate of drug-likeness (QED) is 0.591. The van der Waals surface area contributed by atoms with Crippen molar-refractivity contribution in [2.75, 3.05) is 13.2 Å². The number of H-pyrrole nitrogens is 1. The Kier molecular flexibility index (Phi) is 4.41. The minimum Gasteiger partial charge on any atom is -0.462 e. The summed E-state index contributed by atoms with van der Waals surface area (Å²) in [4.78, 5) is 11.6. The normalized spacial score (nSPS) is 16.9. The number of aromatic amines is 1. The van der Waals surface area contributed by atoms with Gasteiger partial charge < -0.3 is 9.84 Å². The fraction of sp³-hybridized carbons (Fsp3) is 0.636. The van der Waals surface area contributed by atoms with Gasteiger partial charge in [-0.1, -0.05) is 0 Å². The van der Waals surface area contributed by atoms with Crippen LogP contribution in [0.15, 0.2) is 11.2 Å². The number of aliphatic hydroxyl groups is 1. The van der Waals surface area contributed by atoms with Crippen LogP contribution in [0.1, 0.15) is 30.1 Å². The monoisotopic (exact) mass is 303 g/mol. The van der Waals surface area contributed by atoms with E-state index in [1.54, 1.807) is 6.92 Å². The zero-order chi connectivity index (χ0) is 14.8. The molecule has 3 N–H and O–H groups in total. The molecule has 1 aliphatic carbocycles. The van der Waals surface area contributed by atoms with E-state index < -0.39 is 22.1 Å². The average molecular weight is 303 g/mol. The minimum atomic E-state index is -3.94. The number of hydrogen-bond acceptors (Lipinski definition) is 6. The van der Waals surface area contributed by atoms with Crippen LogP contribution in [0, 0.1) is 5.92 Å². The third kappa shape index (κ3) is 3.35. The van der Waals surface area contributed by atoms with Crippen molar-refractivity contribution in [2.24, 2.45) is 5.92 Å². The van der Waals surface area contributed by atoms with Crippen LogP contribution in [0.4, 0.5) is 0 Å². The highest BCUT2D eigenvalue weighted by atomic mass is 32.2. The lowest BCUT2D eigenvalue weighted by Crippen LogP contribution is -2.34. The smallest absolute Gasteiger partial charge is 0.342 e. The topological polar surface area (TPSA) is 121 Å². The van der Waals surface area contributed by atoms with Crippen LogP contribution in [-0.2, 0) is 14.8 Å². The summed E-state index contributed by atoms with van der Waals surface area (Å²) >= 11 is 0. The Balaban J connectivity index is 2.08. The first kappa shape index (κ1) is 14.9. The van der Waals surface area contributed by atoms with Crippen LogP contribution < -0.4 is 4.72 Å². The maximum atomic E-state index is 12.1. The summed E-state index contributed by atoms with van der Waals surface area (Å²) in [5, 5.41) is 15.1. The van der Waals surface area contributed by atoms with Crippen LogP contribution in [0.25, 0.3) is 0 Å². The number of aromatic nitrogens is 2. The van der Waals surface area contributed by atoms with Crippen molar-refractivity contribution in [2.45, 2.75) is 30.9 Å². The van der Waals surface area contributed by atoms with E-state index in [9.17, 15) is 18.3 Å². The Hall–Kier alpha value is -1.45. The molecule has 1 unspecified atom stereocenters. The van der Waals surface area contributed by atoms with Gasteiger partial charge in [-0.05, 0) is 25.7 Å². The van der Waals surface area contributed by atoms with E-state index in [0.29, 0.717) is 0 Å². The highest BCUT2D eigenvalue weighted by Crippen LogP contribution is 2.32. The van der Waals surface area contributed by atoms with Gasteiger partial charge in [0.05, 0.1) is 18.9 Å². The first-order valence-electron chi connectivity index (χ1n) is 6.34. The molecule has 0 bridgehead atoms. The van der Waals surface area contributed by atoms with Gasteiger partial charge in [-0.2, -0.15) is 5.10 Å². The molecule has 1 aromatic heterocycles. The van der Waals surface area contributed by atoms with E-state index in [4.69, 9.17) is 4.74 Å². The molecule has 1 aromatic rings. The summed E-state index contributed by atoms with van der Waals surface area (Å²) in [6.45, 7) is 1.67. The molecule has 1 saturated carbocycles. The maximum absolute atomic E-state index is 12.1. The van der Waals surface area contributed by atoms with Gasteiger partial charge in [-0.15, -0.1) is 0 Å². The summed E-state index contributed by atoms with van der Waals surface area (Å²) in [6.07, 6.45) is 2.20. The Morgan fingerprint density at radius 2 is 2.35 bits per heavy atom. The largest absolute Gasteiger partial charge is 0.462 e. The highest BCUT2D eigenvalue weighted by Gasteiger charge is 2.32. The van der Waals surface area contributed by atoms with Gasteiger partial charge in [0, 0.05) is 6.54 Å². The number of aliphatic hydroxyl groups excluding tert-OH is 1. The number of hydrogen-bond donors (Lipinski definition) is 3. The molecular weight excluding hydrogens is 286 g/mol. The molecule has 0 saturated heterocycles. The van der Waals surface area contributed by atoms with E-state index in [0.717, 1.165) is 19.0 Å². The number of nitrogens with one attached hydrogen (secondary N) is 2. The molecule has 112 valence electrons. The summed E-state index contributed by atoms with van der Waals surface area (Å²) in [6, 6.07) is 0. The second-order valence-corrected chi connectivity index (χ2v) is 6.29. The summed E-state index contributed by atoms with van der Waals surface area (Å²) < 4.78 is 31.2. The standard InChI is InChI=1S/C11H17N3O5S/c1-2-19-11(16)8-5-12-14-10(8)20(17,18)13-6-9(15)7-3-4-7/h5,7,9,13,15H,2-4,6H2,1H3,(H,12,14). The van der Waals surface area contributed by atoms with Gasteiger partial charge in [0.1, 0.15) is 5.56 Å². The highest BCUT2D eigenvalue weighted by molar-refractivity contribution is 7.89. The zero-order valence-corrected chi connectivity index (χ0v) is 11.8.